The monoisotopic (exact) mass is 248 g/mol. The molecule has 1 aliphatic rings. The lowest BCUT2D eigenvalue weighted by Crippen LogP contribution is -2.24. The predicted molar refractivity (Wildman–Crippen MR) is 67.6 cm³/mol. The normalized spacial score (nSPS) is 26.9. The van der Waals surface area contributed by atoms with Crippen molar-refractivity contribution in [3.63, 3.8) is 0 Å². The summed E-state index contributed by atoms with van der Waals surface area (Å²) in [4.78, 5) is 12.0. The summed E-state index contributed by atoms with van der Waals surface area (Å²) in [5.74, 6) is 0.397. The molecule has 18 heavy (non-hydrogen) atoms. The van der Waals surface area contributed by atoms with E-state index in [0.29, 0.717) is 11.7 Å². The maximum Gasteiger partial charge on any atom is 0.314 e. The topological polar surface area (TPSA) is 26.3 Å². The van der Waals surface area contributed by atoms with Gasteiger partial charge >= 0.3 is 5.97 Å². The Balaban J connectivity index is 2.00. The lowest BCUT2D eigenvalue weighted by molar-refractivity contribution is -0.140. The number of benzene rings is 1. The molecule has 0 amide bonds. The number of hydrogen-bond donors (Lipinski definition) is 0. The molecule has 1 aliphatic carbocycles. The molecule has 1 aromatic rings. The molecular weight excluding hydrogens is 231 g/mol. The van der Waals surface area contributed by atoms with E-state index in [-0.39, 0.29) is 23.6 Å². The zero-order valence-corrected chi connectivity index (χ0v) is 10.4. The third kappa shape index (κ3) is 2.61. The molecule has 2 nitrogen and oxygen atoms in total. The quantitative estimate of drug-likeness (QED) is 0.464. The Bertz CT molecular complexity index is 438. The summed E-state index contributed by atoms with van der Waals surface area (Å²) >= 11 is 0. The first-order chi connectivity index (χ1) is 8.61. The van der Waals surface area contributed by atoms with Crippen molar-refractivity contribution in [2.24, 2.45) is 17.8 Å². The van der Waals surface area contributed by atoms with Gasteiger partial charge in [-0.3, -0.25) is 4.79 Å². The second kappa shape index (κ2) is 5.34. The number of carbonyl (C=O) groups excluding carboxylic acids is 1. The molecule has 0 spiro atoms. The molecule has 3 atom stereocenters. The van der Waals surface area contributed by atoms with Crippen molar-refractivity contribution >= 4 is 5.97 Å². The van der Waals surface area contributed by atoms with Gasteiger partial charge in [-0.25, -0.2) is 4.39 Å². The molecule has 0 heterocycles. The molecule has 1 fully saturated rings. The molecule has 2 rings (SSSR count). The van der Waals surface area contributed by atoms with Crippen LogP contribution in [0.5, 0.6) is 5.75 Å². The van der Waals surface area contributed by atoms with Crippen molar-refractivity contribution in [3.05, 3.63) is 42.7 Å². The molecular formula is C15H17FO2. The average molecular weight is 248 g/mol. The largest absolute Gasteiger partial charge is 0.426 e. The zero-order valence-electron chi connectivity index (χ0n) is 10.4. The lowest BCUT2D eigenvalue weighted by Gasteiger charge is -2.17. The van der Waals surface area contributed by atoms with Crippen LogP contribution < -0.4 is 4.74 Å². The Morgan fingerprint density at radius 1 is 1.39 bits per heavy atom. The Morgan fingerprint density at radius 2 is 2.06 bits per heavy atom. The fraction of sp³-hybridized carbons (Fsp3) is 0.400. The standard InChI is InChI=1S/C15H17FO2/c1-3-11-4-9-14(10(11)2)15(17)18-13-7-5-12(16)6-8-13/h3,5-8,10-11,14H,1,4,9H2,2H3. The molecule has 0 N–H and O–H groups in total. The van der Waals surface area contributed by atoms with Gasteiger partial charge in [-0.1, -0.05) is 13.0 Å². The smallest absolute Gasteiger partial charge is 0.314 e. The van der Waals surface area contributed by atoms with Crippen LogP contribution in [0, 0.1) is 23.6 Å². The van der Waals surface area contributed by atoms with Gasteiger partial charge in [-0.15, -0.1) is 6.58 Å². The predicted octanol–water partition coefficient (Wildman–Crippen LogP) is 3.58. The molecule has 0 radical (unpaired) electrons. The number of esters is 1. The molecule has 1 saturated carbocycles. The first kappa shape index (κ1) is 12.8. The molecule has 0 bridgehead atoms. The van der Waals surface area contributed by atoms with Crippen molar-refractivity contribution < 1.29 is 13.9 Å². The zero-order chi connectivity index (χ0) is 13.1. The van der Waals surface area contributed by atoms with Gasteiger partial charge in [0.25, 0.3) is 0 Å². The van der Waals surface area contributed by atoms with E-state index in [2.05, 4.69) is 13.5 Å². The van der Waals surface area contributed by atoms with Gasteiger partial charge in [0.05, 0.1) is 5.92 Å². The van der Waals surface area contributed by atoms with Crippen LogP contribution in [-0.2, 0) is 4.79 Å². The minimum Gasteiger partial charge on any atom is -0.426 e. The summed E-state index contributed by atoms with van der Waals surface area (Å²) < 4.78 is 18.0. The van der Waals surface area contributed by atoms with Crippen LogP contribution in [0.4, 0.5) is 4.39 Å². The van der Waals surface area contributed by atoms with Gasteiger partial charge in [-0.05, 0) is 48.9 Å². The van der Waals surface area contributed by atoms with E-state index in [1.54, 1.807) is 0 Å². The van der Waals surface area contributed by atoms with Gasteiger partial charge in [0, 0.05) is 0 Å². The maximum absolute atomic E-state index is 12.7. The second-order valence-corrected chi connectivity index (χ2v) is 4.82. The number of allylic oxidation sites excluding steroid dienone is 1. The number of carbonyl (C=O) groups is 1. The molecule has 0 aromatic heterocycles. The summed E-state index contributed by atoms with van der Waals surface area (Å²) in [6, 6.07) is 5.51. The minimum atomic E-state index is -0.337. The Hall–Kier alpha value is -1.64. The molecule has 1 aromatic carbocycles. The maximum atomic E-state index is 12.7. The summed E-state index contributed by atoms with van der Waals surface area (Å²) in [5, 5.41) is 0. The van der Waals surface area contributed by atoms with Crippen LogP contribution in [0.15, 0.2) is 36.9 Å². The first-order valence-corrected chi connectivity index (χ1v) is 6.21. The van der Waals surface area contributed by atoms with Crippen LogP contribution >= 0.6 is 0 Å². The van der Waals surface area contributed by atoms with E-state index in [0.717, 1.165) is 12.8 Å². The fourth-order valence-corrected chi connectivity index (χ4v) is 2.56. The molecule has 3 unspecified atom stereocenters. The lowest BCUT2D eigenvalue weighted by atomic mass is 9.91. The van der Waals surface area contributed by atoms with Crippen LogP contribution in [0.25, 0.3) is 0 Å². The summed E-state index contributed by atoms with van der Waals surface area (Å²) in [5.41, 5.74) is 0. The Morgan fingerprint density at radius 3 is 2.61 bits per heavy atom. The van der Waals surface area contributed by atoms with E-state index in [1.165, 1.54) is 24.3 Å². The fourth-order valence-electron chi connectivity index (χ4n) is 2.56. The summed E-state index contributed by atoms with van der Waals surface area (Å²) in [6.07, 6.45) is 3.72. The molecule has 96 valence electrons. The van der Waals surface area contributed by atoms with Crippen LogP contribution in [-0.4, -0.2) is 5.97 Å². The summed E-state index contributed by atoms with van der Waals surface area (Å²) in [7, 11) is 0. The Labute approximate surface area is 106 Å². The van der Waals surface area contributed by atoms with Crippen LogP contribution in [0.2, 0.25) is 0 Å². The third-order valence-corrected chi connectivity index (χ3v) is 3.76. The van der Waals surface area contributed by atoms with E-state index in [1.807, 2.05) is 6.08 Å². The second-order valence-electron chi connectivity index (χ2n) is 4.82. The van der Waals surface area contributed by atoms with Gasteiger partial charge < -0.3 is 4.74 Å². The highest BCUT2D eigenvalue weighted by atomic mass is 19.1. The Kier molecular flexibility index (Phi) is 3.80. The molecule has 3 heteroatoms. The summed E-state index contributed by atoms with van der Waals surface area (Å²) in [6.45, 7) is 5.84. The van der Waals surface area contributed by atoms with Gasteiger partial charge in [0.15, 0.2) is 0 Å². The van der Waals surface area contributed by atoms with E-state index < -0.39 is 0 Å². The van der Waals surface area contributed by atoms with Crippen molar-refractivity contribution in [3.8, 4) is 5.75 Å². The minimum absolute atomic E-state index is 0.0851. The highest BCUT2D eigenvalue weighted by Crippen LogP contribution is 2.38. The van der Waals surface area contributed by atoms with Crippen molar-refractivity contribution in [2.75, 3.05) is 0 Å². The van der Waals surface area contributed by atoms with E-state index >= 15 is 0 Å². The van der Waals surface area contributed by atoms with E-state index in [4.69, 9.17) is 4.74 Å². The SMILES string of the molecule is C=CC1CCC(C(=O)Oc2ccc(F)cc2)C1C. The van der Waals surface area contributed by atoms with E-state index in [9.17, 15) is 9.18 Å². The van der Waals surface area contributed by atoms with Gasteiger partial charge in [0.2, 0.25) is 0 Å². The van der Waals surface area contributed by atoms with Gasteiger partial charge in [0.1, 0.15) is 11.6 Å². The van der Waals surface area contributed by atoms with Crippen molar-refractivity contribution in [2.45, 2.75) is 19.8 Å². The molecule has 0 saturated heterocycles. The van der Waals surface area contributed by atoms with Crippen LogP contribution in [0.1, 0.15) is 19.8 Å². The third-order valence-electron chi connectivity index (χ3n) is 3.76. The number of ether oxygens (including phenoxy) is 1. The number of rotatable bonds is 3. The number of halogens is 1. The van der Waals surface area contributed by atoms with Crippen LogP contribution in [0.3, 0.4) is 0 Å². The van der Waals surface area contributed by atoms with Gasteiger partial charge in [-0.2, -0.15) is 0 Å². The first-order valence-electron chi connectivity index (χ1n) is 6.21. The van der Waals surface area contributed by atoms with Crippen molar-refractivity contribution in [1.29, 1.82) is 0 Å². The number of hydrogen-bond acceptors (Lipinski definition) is 2. The highest BCUT2D eigenvalue weighted by Gasteiger charge is 2.36. The highest BCUT2D eigenvalue weighted by molar-refractivity contribution is 5.75. The average Bonchev–Trinajstić information content (AvgIpc) is 2.73. The van der Waals surface area contributed by atoms with Crippen molar-refractivity contribution in [1.82, 2.24) is 0 Å². The molecule has 0 aliphatic heterocycles.